The first-order valence-electron chi connectivity index (χ1n) is 8.93. The van der Waals surface area contributed by atoms with Gasteiger partial charge in [0.25, 0.3) is 5.91 Å². The second kappa shape index (κ2) is 7.36. The Kier molecular flexibility index (Phi) is 5.34. The first kappa shape index (κ1) is 18.8. The molecule has 142 valence electrons. The Balaban J connectivity index is 1.78. The molecule has 1 atom stereocenters. The van der Waals surface area contributed by atoms with Crippen molar-refractivity contribution in [2.75, 3.05) is 30.8 Å². The Morgan fingerprint density at radius 1 is 1.23 bits per heavy atom. The van der Waals surface area contributed by atoms with Crippen molar-refractivity contribution in [3.05, 3.63) is 29.3 Å². The monoisotopic (exact) mass is 379 g/mol. The third kappa shape index (κ3) is 4.07. The van der Waals surface area contributed by atoms with Crippen LogP contribution in [0.1, 0.15) is 42.1 Å². The van der Waals surface area contributed by atoms with E-state index >= 15 is 0 Å². The average molecular weight is 379 g/mol. The molecule has 1 N–H and O–H groups in total. The molecule has 0 aromatic heterocycles. The van der Waals surface area contributed by atoms with Gasteiger partial charge in [0, 0.05) is 43.9 Å². The molecule has 3 rings (SSSR count). The van der Waals surface area contributed by atoms with Crippen molar-refractivity contribution in [1.29, 1.82) is 0 Å². The zero-order valence-electron chi connectivity index (χ0n) is 15.2. The molecule has 0 radical (unpaired) electrons. The summed E-state index contributed by atoms with van der Waals surface area (Å²) in [5, 5.41) is 0. The van der Waals surface area contributed by atoms with E-state index in [1.807, 2.05) is 12.1 Å². The van der Waals surface area contributed by atoms with Crippen molar-refractivity contribution in [2.45, 2.75) is 38.6 Å². The summed E-state index contributed by atoms with van der Waals surface area (Å²) in [6, 6.07) is 5.34. The maximum absolute atomic E-state index is 13.0. The summed E-state index contributed by atoms with van der Waals surface area (Å²) in [6.45, 7) is 3.06. The molecule has 2 aliphatic heterocycles. The van der Waals surface area contributed by atoms with Crippen LogP contribution in [0.4, 0.5) is 5.69 Å². The van der Waals surface area contributed by atoms with Gasteiger partial charge in [0.15, 0.2) is 0 Å². The van der Waals surface area contributed by atoms with Crippen LogP contribution in [0.25, 0.3) is 0 Å². The number of amides is 2. The lowest BCUT2D eigenvalue weighted by Gasteiger charge is -2.36. The summed E-state index contributed by atoms with van der Waals surface area (Å²) in [4.78, 5) is 28.2. The molecule has 0 spiro atoms. The number of hydrogen-bond donors (Lipinski definition) is 1. The number of likely N-dealkylation sites (tertiary alicyclic amines) is 1. The van der Waals surface area contributed by atoms with Gasteiger partial charge in [0.2, 0.25) is 15.9 Å². The minimum atomic E-state index is -3.29. The molecule has 2 aliphatic rings. The molecule has 2 heterocycles. The van der Waals surface area contributed by atoms with E-state index in [4.69, 9.17) is 0 Å². The zero-order valence-corrected chi connectivity index (χ0v) is 16.0. The van der Waals surface area contributed by atoms with E-state index in [2.05, 4.69) is 4.72 Å². The van der Waals surface area contributed by atoms with Crippen LogP contribution in [0.15, 0.2) is 18.2 Å². The molecule has 1 saturated heterocycles. The molecule has 0 saturated carbocycles. The fraction of sp³-hybridized carbons (Fsp3) is 0.556. The molecule has 26 heavy (non-hydrogen) atoms. The van der Waals surface area contributed by atoms with E-state index in [9.17, 15) is 18.0 Å². The van der Waals surface area contributed by atoms with Crippen molar-refractivity contribution in [2.24, 2.45) is 0 Å². The molecule has 1 aromatic rings. The van der Waals surface area contributed by atoms with Crippen LogP contribution in [0.3, 0.4) is 0 Å². The minimum absolute atomic E-state index is 0.00534. The lowest BCUT2D eigenvalue weighted by Crippen LogP contribution is -2.49. The lowest BCUT2D eigenvalue weighted by molar-refractivity contribution is -0.116. The summed E-state index contributed by atoms with van der Waals surface area (Å²) in [5.41, 5.74) is 2.48. The van der Waals surface area contributed by atoms with E-state index in [-0.39, 0.29) is 24.4 Å². The number of anilines is 1. The number of nitrogens with one attached hydrogen (secondary N) is 1. The van der Waals surface area contributed by atoms with Gasteiger partial charge in [-0.3, -0.25) is 9.59 Å². The Morgan fingerprint density at radius 2 is 2.00 bits per heavy atom. The molecule has 1 fully saturated rings. The third-order valence-corrected chi connectivity index (χ3v) is 5.76. The number of piperidine rings is 1. The average Bonchev–Trinajstić information content (AvgIpc) is 3.02. The Bertz CT molecular complexity index is 822. The van der Waals surface area contributed by atoms with Gasteiger partial charge >= 0.3 is 0 Å². The van der Waals surface area contributed by atoms with E-state index in [0.717, 1.165) is 43.2 Å². The minimum Gasteiger partial charge on any atom is -0.334 e. The van der Waals surface area contributed by atoms with Crippen LogP contribution in [-0.4, -0.2) is 57.1 Å². The number of hydrogen-bond acceptors (Lipinski definition) is 4. The van der Waals surface area contributed by atoms with Gasteiger partial charge in [0.1, 0.15) is 0 Å². The standard InChI is InChI=1S/C18H25N3O4S/c1-13(22)20-10-8-14-11-15(6-7-17(14)20)18(23)21-9-4-3-5-16(21)12-19-26(2,24)25/h6-7,11,16,19H,3-5,8-10,12H2,1-2H3. The first-order chi connectivity index (χ1) is 12.3. The maximum atomic E-state index is 13.0. The number of benzene rings is 1. The molecule has 8 heteroatoms. The highest BCUT2D eigenvalue weighted by Gasteiger charge is 2.29. The Morgan fingerprint density at radius 3 is 2.69 bits per heavy atom. The SMILES string of the molecule is CC(=O)N1CCc2cc(C(=O)N3CCCCC3CNS(C)(=O)=O)ccc21. The highest BCUT2D eigenvalue weighted by Crippen LogP contribution is 2.30. The summed E-state index contributed by atoms with van der Waals surface area (Å²) in [5.74, 6) is -0.0696. The van der Waals surface area contributed by atoms with Crippen LogP contribution in [0, 0.1) is 0 Å². The summed E-state index contributed by atoms with van der Waals surface area (Å²) < 4.78 is 25.3. The lowest BCUT2D eigenvalue weighted by atomic mass is 10.00. The normalized spacial score (nSPS) is 20.2. The van der Waals surface area contributed by atoms with Gasteiger partial charge in [-0.2, -0.15) is 0 Å². The first-order valence-corrected chi connectivity index (χ1v) is 10.8. The molecule has 0 aliphatic carbocycles. The van der Waals surface area contributed by atoms with E-state index in [1.165, 1.54) is 0 Å². The molecular formula is C18H25N3O4S. The van der Waals surface area contributed by atoms with E-state index in [1.54, 1.807) is 22.8 Å². The number of nitrogens with zero attached hydrogens (tertiary/aromatic N) is 2. The van der Waals surface area contributed by atoms with Gasteiger partial charge in [0.05, 0.1) is 6.26 Å². The molecule has 7 nitrogen and oxygen atoms in total. The van der Waals surface area contributed by atoms with Crippen molar-refractivity contribution < 1.29 is 18.0 Å². The van der Waals surface area contributed by atoms with Gasteiger partial charge in [-0.1, -0.05) is 0 Å². The van der Waals surface area contributed by atoms with Crippen molar-refractivity contribution in [3.8, 4) is 0 Å². The maximum Gasteiger partial charge on any atom is 0.254 e. The highest BCUT2D eigenvalue weighted by atomic mass is 32.2. The topological polar surface area (TPSA) is 86.8 Å². The van der Waals surface area contributed by atoms with E-state index < -0.39 is 10.0 Å². The van der Waals surface area contributed by atoms with Crippen molar-refractivity contribution in [1.82, 2.24) is 9.62 Å². The summed E-state index contributed by atoms with van der Waals surface area (Å²) >= 11 is 0. The largest absolute Gasteiger partial charge is 0.334 e. The van der Waals surface area contributed by atoms with E-state index in [0.29, 0.717) is 18.7 Å². The fourth-order valence-corrected chi connectivity index (χ4v) is 4.25. The predicted octanol–water partition coefficient (Wildman–Crippen LogP) is 1.14. The molecule has 0 bridgehead atoms. The second-order valence-corrected chi connectivity index (χ2v) is 8.87. The summed E-state index contributed by atoms with van der Waals surface area (Å²) in [6.07, 6.45) is 4.57. The third-order valence-electron chi connectivity index (χ3n) is 5.07. The predicted molar refractivity (Wildman–Crippen MR) is 99.7 cm³/mol. The van der Waals surface area contributed by atoms with Gasteiger partial charge in [-0.05, 0) is 49.4 Å². The quantitative estimate of drug-likeness (QED) is 0.850. The number of carbonyl (C=O) groups is 2. The number of rotatable bonds is 4. The zero-order chi connectivity index (χ0) is 18.9. The van der Waals surface area contributed by atoms with Crippen LogP contribution in [0.5, 0.6) is 0 Å². The molecule has 2 amide bonds. The fourth-order valence-electron chi connectivity index (χ4n) is 3.76. The van der Waals surface area contributed by atoms with Gasteiger partial charge < -0.3 is 9.80 Å². The number of carbonyl (C=O) groups excluding carboxylic acids is 2. The Hall–Kier alpha value is -1.93. The summed E-state index contributed by atoms with van der Waals surface area (Å²) in [7, 11) is -3.29. The van der Waals surface area contributed by atoms with Crippen LogP contribution >= 0.6 is 0 Å². The number of fused-ring (bicyclic) bond motifs is 1. The second-order valence-electron chi connectivity index (χ2n) is 7.03. The van der Waals surface area contributed by atoms with Crippen LogP contribution in [0.2, 0.25) is 0 Å². The van der Waals surface area contributed by atoms with Crippen molar-refractivity contribution in [3.63, 3.8) is 0 Å². The molecule has 1 unspecified atom stereocenters. The van der Waals surface area contributed by atoms with Crippen molar-refractivity contribution >= 4 is 27.5 Å². The molecule has 1 aromatic carbocycles. The highest BCUT2D eigenvalue weighted by molar-refractivity contribution is 7.88. The van der Waals surface area contributed by atoms with Crippen LogP contribution < -0.4 is 9.62 Å². The van der Waals surface area contributed by atoms with Gasteiger partial charge in [-0.15, -0.1) is 0 Å². The number of sulfonamides is 1. The van der Waals surface area contributed by atoms with Crippen LogP contribution in [-0.2, 0) is 21.2 Å². The van der Waals surface area contributed by atoms with Gasteiger partial charge in [-0.25, -0.2) is 13.1 Å². The smallest absolute Gasteiger partial charge is 0.254 e. The Labute approximate surface area is 154 Å². The molecular weight excluding hydrogens is 354 g/mol.